The van der Waals surface area contributed by atoms with E-state index < -0.39 is 35.6 Å². The third-order valence-corrected chi connectivity index (χ3v) is 9.42. The number of rotatable bonds is 6. The summed E-state index contributed by atoms with van der Waals surface area (Å²) in [4.78, 5) is 9.98. The first kappa shape index (κ1) is 21.3. The van der Waals surface area contributed by atoms with E-state index in [1.54, 1.807) is 17.5 Å². The van der Waals surface area contributed by atoms with Gasteiger partial charge in [-0.05, 0) is 48.1 Å². The average Bonchev–Trinajstić information content (AvgIpc) is 3.29. The lowest BCUT2D eigenvalue weighted by molar-refractivity contribution is -0.387. The van der Waals surface area contributed by atoms with Gasteiger partial charge in [-0.15, -0.1) is 11.3 Å². The summed E-state index contributed by atoms with van der Waals surface area (Å²) in [6.45, 7) is 0.271. The van der Waals surface area contributed by atoms with Gasteiger partial charge in [-0.2, -0.15) is 0 Å². The molecule has 3 aromatic rings. The molecular weight excluding hydrogens is 462 g/mol. The van der Waals surface area contributed by atoms with Crippen molar-refractivity contribution in [3.8, 4) is 0 Å². The summed E-state index contributed by atoms with van der Waals surface area (Å²) in [7, 11) is -8.05. The SMILES string of the molecule is O=[N+]([O-])c1ccccc1S(=O)(=O)Nc1ccc2c(c1)N(S(=O)(=O)c1cccs1)CCC2. The van der Waals surface area contributed by atoms with Gasteiger partial charge < -0.3 is 0 Å². The molecule has 1 aromatic heterocycles. The van der Waals surface area contributed by atoms with Crippen molar-refractivity contribution in [3.05, 3.63) is 75.7 Å². The molecule has 2 aromatic carbocycles. The molecule has 0 radical (unpaired) electrons. The second-order valence-corrected chi connectivity index (χ2v) is 11.5. The van der Waals surface area contributed by atoms with Gasteiger partial charge in [0, 0.05) is 12.6 Å². The number of nitrogens with one attached hydrogen (secondary N) is 1. The number of para-hydroxylation sites is 1. The van der Waals surface area contributed by atoms with E-state index in [1.807, 2.05) is 0 Å². The first-order valence-corrected chi connectivity index (χ1v) is 13.0. The molecule has 31 heavy (non-hydrogen) atoms. The van der Waals surface area contributed by atoms with Crippen LogP contribution in [0.3, 0.4) is 0 Å². The Kier molecular flexibility index (Phi) is 5.45. The molecule has 4 rings (SSSR count). The van der Waals surface area contributed by atoms with Gasteiger partial charge in [-0.25, -0.2) is 16.8 Å². The Labute approximate surface area is 183 Å². The molecule has 0 amide bonds. The van der Waals surface area contributed by atoms with E-state index in [0.717, 1.165) is 29.0 Å². The van der Waals surface area contributed by atoms with E-state index >= 15 is 0 Å². The number of nitrogens with zero attached hydrogens (tertiary/aromatic N) is 2. The zero-order valence-electron chi connectivity index (χ0n) is 16.0. The molecule has 162 valence electrons. The van der Waals surface area contributed by atoms with Crippen molar-refractivity contribution in [3.63, 3.8) is 0 Å². The van der Waals surface area contributed by atoms with Gasteiger partial charge in [0.05, 0.1) is 16.3 Å². The first-order chi connectivity index (χ1) is 14.7. The third-order valence-electron chi connectivity index (χ3n) is 4.80. The summed E-state index contributed by atoms with van der Waals surface area (Å²) < 4.78 is 55.6. The van der Waals surface area contributed by atoms with Crippen molar-refractivity contribution in [1.29, 1.82) is 0 Å². The summed E-state index contributed by atoms with van der Waals surface area (Å²) >= 11 is 1.11. The van der Waals surface area contributed by atoms with Gasteiger partial charge in [0.1, 0.15) is 4.21 Å². The predicted molar refractivity (Wildman–Crippen MR) is 118 cm³/mol. The number of nitro groups is 1. The lowest BCUT2D eigenvalue weighted by Gasteiger charge is -2.30. The van der Waals surface area contributed by atoms with Gasteiger partial charge in [0.15, 0.2) is 4.90 Å². The van der Waals surface area contributed by atoms with Crippen molar-refractivity contribution < 1.29 is 21.8 Å². The van der Waals surface area contributed by atoms with Gasteiger partial charge in [0.2, 0.25) is 0 Å². The first-order valence-electron chi connectivity index (χ1n) is 9.15. The minimum atomic E-state index is -4.27. The Morgan fingerprint density at radius 2 is 1.81 bits per heavy atom. The molecule has 0 saturated heterocycles. The van der Waals surface area contributed by atoms with Crippen LogP contribution in [0.15, 0.2) is 69.1 Å². The highest BCUT2D eigenvalue weighted by Gasteiger charge is 2.31. The topological polar surface area (TPSA) is 127 Å². The Balaban J connectivity index is 1.73. The zero-order chi connectivity index (χ0) is 22.2. The fourth-order valence-electron chi connectivity index (χ4n) is 3.42. The minimum Gasteiger partial charge on any atom is -0.279 e. The molecule has 1 N–H and O–H groups in total. The van der Waals surface area contributed by atoms with Crippen molar-refractivity contribution in [2.75, 3.05) is 15.6 Å². The molecule has 9 nitrogen and oxygen atoms in total. The van der Waals surface area contributed by atoms with Crippen LogP contribution in [-0.4, -0.2) is 28.3 Å². The van der Waals surface area contributed by atoms with Crippen LogP contribution in [0, 0.1) is 10.1 Å². The molecule has 0 saturated carbocycles. The molecule has 0 unspecified atom stereocenters. The fraction of sp³-hybridized carbons (Fsp3) is 0.158. The number of benzene rings is 2. The molecule has 0 fully saturated rings. The van der Waals surface area contributed by atoms with Crippen LogP contribution >= 0.6 is 11.3 Å². The van der Waals surface area contributed by atoms with Crippen molar-refractivity contribution >= 4 is 48.4 Å². The van der Waals surface area contributed by atoms with Gasteiger partial charge >= 0.3 is 0 Å². The molecule has 0 aliphatic carbocycles. The predicted octanol–water partition coefficient (Wildman–Crippen LogP) is 3.60. The Morgan fingerprint density at radius 3 is 2.52 bits per heavy atom. The number of fused-ring (bicyclic) bond motifs is 1. The zero-order valence-corrected chi connectivity index (χ0v) is 18.4. The van der Waals surface area contributed by atoms with Crippen LogP contribution in [0.2, 0.25) is 0 Å². The third kappa shape index (κ3) is 4.01. The van der Waals surface area contributed by atoms with Gasteiger partial charge in [-0.3, -0.25) is 19.1 Å². The molecule has 0 atom stereocenters. The van der Waals surface area contributed by atoms with Crippen LogP contribution in [-0.2, 0) is 26.5 Å². The molecule has 0 spiro atoms. The van der Waals surface area contributed by atoms with Crippen molar-refractivity contribution in [2.24, 2.45) is 0 Å². The lowest BCUT2D eigenvalue weighted by atomic mass is 10.0. The molecule has 1 aliphatic heterocycles. The highest BCUT2D eigenvalue weighted by atomic mass is 32.2. The maximum absolute atomic E-state index is 13.1. The molecule has 1 aliphatic rings. The highest BCUT2D eigenvalue weighted by Crippen LogP contribution is 2.36. The van der Waals surface area contributed by atoms with E-state index in [1.165, 1.54) is 34.6 Å². The number of hydrogen-bond acceptors (Lipinski definition) is 7. The largest absolute Gasteiger partial charge is 0.289 e. The number of sulfonamides is 2. The Morgan fingerprint density at radius 1 is 1.03 bits per heavy atom. The van der Waals surface area contributed by atoms with E-state index in [4.69, 9.17) is 0 Å². The summed E-state index contributed by atoms with van der Waals surface area (Å²) in [5.74, 6) is 0. The molecule has 12 heteroatoms. The van der Waals surface area contributed by atoms with E-state index in [2.05, 4.69) is 4.72 Å². The van der Waals surface area contributed by atoms with Crippen LogP contribution in [0.1, 0.15) is 12.0 Å². The smallest absolute Gasteiger partial charge is 0.279 e. The molecule has 0 bridgehead atoms. The van der Waals surface area contributed by atoms with E-state index in [-0.39, 0.29) is 16.4 Å². The van der Waals surface area contributed by atoms with Gasteiger partial charge in [0.25, 0.3) is 25.7 Å². The number of hydrogen-bond donors (Lipinski definition) is 1. The summed E-state index contributed by atoms with van der Waals surface area (Å²) in [5.41, 5.74) is 0.738. The molecular formula is C19H17N3O6S3. The van der Waals surface area contributed by atoms with Crippen molar-refractivity contribution in [2.45, 2.75) is 21.9 Å². The second kappa shape index (κ2) is 7.94. The average molecular weight is 480 g/mol. The quantitative estimate of drug-likeness (QED) is 0.425. The fourth-order valence-corrected chi connectivity index (χ4v) is 7.28. The molecule has 2 heterocycles. The van der Waals surface area contributed by atoms with Crippen LogP contribution < -0.4 is 9.03 Å². The maximum atomic E-state index is 13.1. The minimum absolute atomic E-state index is 0.116. The normalized spacial score (nSPS) is 14.1. The summed E-state index contributed by atoms with van der Waals surface area (Å²) in [5, 5.41) is 12.9. The highest BCUT2D eigenvalue weighted by molar-refractivity contribution is 7.94. The van der Waals surface area contributed by atoms with Gasteiger partial charge in [-0.1, -0.05) is 24.3 Å². The summed E-state index contributed by atoms with van der Waals surface area (Å²) in [6.07, 6.45) is 1.29. The monoisotopic (exact) mass is 479 g/mol. The van der Waals surface area contributed by atoms with Crippen LogP contribution in [0.25, 0.3) is 0 Å². The number of anilines is 2. The van der Waals surface area contributed by atoms with E-state index in [9.17, 15) is 26.9 Å². The Hall–Kier alpha value is -2.96. The van der Waals surface area contributed by atoms with E-state index in [0.29, 0.717) is 18.5 Å². The standard InChI is InChI=1S/C19H17N3O6S3/c23-22(24)16-6-1-2-7-18(16)30(25,26)20-15-10-9-14-5-3-11-21(17(14)13-15)31(27,28)19-8-4-12-29-19/h1-2,4,6-10,12-13,20H,3,5,11H2. The second-order valence-electron chi connectivity index (χ2n) is 6.79. The lowest BCUT2D eigenvalue weighted by Crippen LogP contribution is -2.35. The summed E-state index contributed by atoms with van der Waals surface area (Å²) in [6, 6.07) is 12.8. The number of thiophene rings is 1. The maximum Gasteiger partial charge on any atom is 0.289 e. The van der Waals surface area contributed by atoms with Crippen LogP contribution in [0.5, 0.6) is 0 Å². The van der Waals surface area contributed by atoms with Crippen molar-refractivity contribution in [1.82, 2.24) is 0 Å². The Bertz CT molecular complexity index is 1350. The number of aryl methyl sites for hydroxylation is 1. The number of nitro benzene ring substituents is 1. The van der Waals surface area contributed by atoms with Crippen LogP contribution in [0.4, 0.5) is 17.1 Å².